The molecule has 2 atom stereocenters. The van der Waals surface area contributed by atoms with Gasteiger partial charge >= 0.3 is 5.97 Å². The van der Waals surface area contributed by atoms with Crippen LogP contribution in [0.5, 0.6) is 0 Å². The van der Waals surface area contributed by atoms with Gasteiger partial charge in [0.2, 0.25) is 0 Å². The van der Waals surface area contributed by atoms with Crippen LogP contribution in [0.15, 0.2) is 12.3 Å². The van der Waals surface area contributed by atoms with Crippen molar-refractivity contribution in [3.05, 3.63) is 22.8 Å². The third-order valence-electron chi connectivity index (χ3n) is 3.49. The van der Waals surface area contributed by atoms with Crippen LogP contribution in [0, 0.1) is 5.92 Å². The van der Waals surface area contributed by atoms with Gasteiger partial charge in [0.15, 0.2) is 0 Å². The summed E-state index contributed by atoms with van der Waals surface area (Å²) in [6.07, 6.45) is 3.78. The van der Waals surface area contributed by atoms with Crippen molar-refractivity contribution in [1.82, 2.24) is 4.98 Å². The monoisotopic (exact) mass is 268 g/mol. The topological polar surface area (TPSA) is 53.4 Å². The van der Waals surface area contributed by atoms with Gasteiger partial charge in [0.25, 0.3) is 0 Å². The molecule has 2 heterocycles. The molecular formula is C13H17ClN2O2. The van der Waals surface area contributed by atoms with Gasteiger partial charge in [-0.15, -0.1) is 0 Å². The number of hydrogen-bond acceptors (Lipinski definition) is 3. The fourth-order valence-corrected chi connectivity index (χ4v) is 2.68. The number of pyridine rings is 1. The Hall–Kier alpha value is -1.29. The van der Waals surface area contributed by atoms with E-state index in [9.17, 15) is 4.79 Å². The van der Waals surface area contributed by atoms with Gasteiger partial charge in [-0.2, -0.15) is 0 Å². The molecule has 0 bridgehead atoms. The first-order valence-corrected chi connectivity index (χ1v) is 6.53. The number of carboxylic acid groups (broad SMARTS) is 1. The normalized spacial score (nSPS) is 24.1. The van der Waals surface area contributed by atoms with Gasteiger partial charge in [0.1, 0.15) is 5.82 Å². The van der Waals surface area contributed by atoms with Gasteiger partial charge in [-0.3, -0.25) is 0 Å². The van der Waals surface area contributed by atoms with Crippen molar-refractivity contribution >= 4 is 23.4 Å². The van der Waals surface area contributed by atoms with Crippen LogP contribution in [-0.4, -0.2) is 28.6 Å². The smallest absolute Gasteiger partial charge is 0.337 e. The number of aromatic carboxylic acids is 1. The highest BCUT2D eigenvalue weighted by atomic mass is 35.5. The van der Waals surface area contributed by atoms with Crippen molar-refractivity contribution in [1.29, 1.82) is 0 Å². The van der Waals surface area contributed by atoms with E-state index in [0.29, 0.717) is 17.8 Å². The number of carboxylic acids is 1. The Labute approximate surface area is 112 Å². The molecule has 5 heteroatoms. The molecule has 0 radical (unpaired) electrons. The summed E-state index contributed by atoms with van der Waals surface area (Å²) < 4.78 is 0. The zero-order valence-corrected chi connectivity index (χ0v) is 11.3. The summed E-state index contributed by atoms with van der Waals surface area (Å²) in [4.78, 5) is 17.4. The second-order valence-electron chi connectivity index (χ2n) is 4.99. The van der Waals surface area contributed by atoms with Crippen molar-refractivity contribution in [2.24, 2.45) is 5.92 Å². The van der Waals surface area contributed by atoms with Gasteiger partial charge in [-0.05, 0) is 31.7 Å². The molecule has 0 saturated carbocycles. The number of piperidine rings is 1. The molecule has 0 amide bonds. The zero-order chi connectivity index (χ0) is 13.3. The van der Waals surface area contributed by atoms with E-state index < -0.39 is 5.97 Å². The summed E-state index contributed by atoms with van der Waals surface area (Å²) in [6, 6.07) is 1.78. The Kier molecular flexibility index (Phi) is 3.76. The van der Waals surface area contributed by atoms with Crippen molar-refractivity contribution in [2.75, 3.05) is 11.4 Å². The molecule has 0 spiro atoms. The number of hydrogen-bond donors (Lipinski definition) is 1. The van der Waals surface area contributed by atoms with E-state index in [1.54, 1.807) is 0 Å². The van der Waals surface area contributed by atoms with Crippen LogP contribution < -0.4 is 4.90 Å². The average molecular weight is 269 g/mol. The molecule has 1 aromatic heterocycles. The van der Waals surface area contributed by atoms with Crippen LogP contribution in [0.1, 0.15) is 37.0 Å². The highest BCUT2D eigenvalue weighted by Gasteiger charge is 2.27. The molecule has 1 aromatic rings. The fraction of sp³-hybridized carbons (Fsp3) is 0.538. The molecule has 1 saturated heterocycles. The molecule has 2 rings (SSSR count). The lowest BCUT2D eigenvalue weighted by Gasteiger charge is -2.38. The van der Waals surface area contributed by atoms with Crippen molar-refractivity contribution < 1.29 is 9.90 Å². The number of nitrogens with zero attached hydrogens (tertiary/aromatic N) is 2. The maximum Gasteiger partial charge on any atom is 0.337 e. The van der Waals surface area contributed by atoms with Gasteiger partial charge in [-0.25, -0.2) is 9.78 Å². The lowest BCUT2D eigenvalue weighted by molar-refractivity contribution is 0.0697. The van der Waals surface area contributed by atoms with E-state index in [2.05, 4.69) is 23.7 Å². The summed E-state index contributed by atoms with van der Waals surface area (Å²) in [5.41, 5.74) is 0.118. The van der Waals surface area contributed by atoms with Crippen LogP contribution >= 0.6 is 11.6 Å². The lowest BCUT2D eigenvalue weighted by atomic mass is 9.95. The largest absolute Gasteiger partial charge is 0.478 e. The summed E-state index contributed by atoms with van der Waals surface area (Å²) in [6.45, 7) is 5.18. The SMILES string of the molecule is CC1CCC(C)N(c2nccc(C(=O)O)c2Cl)C1. The van der Waals surface area contributed by atoms with Gasteiger partial charge in [0.05, 0.1) is 10.6 Å². The third-order valence-corrected chi connectivity index (χ3v) is 3.86. The van der Waals surface area contributed by atoms with Crippen molar-refractivity contribution in [3.63, 3.8) is 0 Å². The van der Waals surface area contributed by atoms with Crippen molar-refractivity contribution in [2.45, 2.75) is 32.7 Å². The first-order valence-electron chi connectivity index (χ1n) is 6.15. The molecule has 1 aliphatic heterocycles. The zero-order valence-electron chi connectivity index (χ0n) is 10.6. The van der Waals surface area contributed by atoms with Crippen LogP contribution in [0.25, 0.3) is 0 Å². The lowest BCUT2D eigenvalue weighted by Crippen LogP contribution is -2.41. The highest BCUT2D eigenvalue weighted by Crippen LogP contribution is 2.32. The minimum absolute atomic E-state index is 0.118. The number of anilines is 1. The van der Waals surface area contributed by atoms with Crippen molar-refractivity contribution in [3.8, 4) is 0 Å². The van der Waals surface area contributed by atoms with Crippen LogP contribution in [0.4, 0.5) is 5.82 Å². The minimum Gasteiger partial charge on any atom is -0.478 e. The number of rotatable bonds is 2. The highest BCUT2D eigenvalue weighted by molar-refractivity contribution is 6.35. The third kappa shape index (κ3) is 2.43. The fourth-order valence-electron chi connectivity index (χ4n) is 2.38. The molecule has 0 aliphatic carbocycles. The maximum atomic E-state index is 11.1. The minimum atomic E-state index is -1.01. The molecule has 1 fully saturated rings. The second-order valence-corrected chi connectivity index (χ2v) is 5.36. The van der Waals surface area contributed by atoms with E-state index in [4.69, 9.17) is 16.7 Å². The predicted octanol–water partition coefficient (Wildman–Crippen LogP) is 3.06. The van der Waals surface area contributed by atoms with Crippen LogP contribution in [0.3, 0.4) is 0 Å². The van der Waals surface area contributed by atoms with Gasteiger partial charge in [-0.1, -0.05) is 18.5 Å². The Morgan fingerprint density at radius 1 is 1.50 bits per heavy atom. The van der Waals surface area contributed by atoms with E-state index in [-0.39, 0.29) is 10.6 Å². The first-order chi connectivity index (χ1) is 8.50. The van der Waals surface area contributed by atoms with Gasteiger partial charge < -0.3 is 10.0 Å². The Morgan fingerprint density at radius 2 is 2.22 bits per heavy atom. The molecular weight excluding hydrogens is 252 g/mol. The van der Waals surface area contributed by atoms with E-state index in [1.807, 2.05) is 0 Å². The maximum absolute atomic E-state index is 11.1. The molecule has 1 aliphatic rings. The number of halogens is 1. The molecule has 98 valence electrons. The van der Waals surface area contributed by atoms with Crippen LogP contribution in [0.2, 0.25) is 5.02 Å². The molecule has 4 nitrogen and oxygen atoms in total. The Morgan fingerprint density at radius 3 is 2.89 bits per heavy atom. The predicted molar refractivity (Wildman–Crippen MR) is 71.4 cm³/mol. The van der Waals surface area contributed by atoms with E-state index in [1.165, 1.54) is 18.7 Å². The quantitative estimate of drug-likeness (QED) is 0.896. The molecule has 1 N–H and O–H groups in total. The summed E-state index contributed by atoms with van der Waals surface area (Å²) >= 11 is 6.17. The molecule has 0 aromatic carbocycles. The Balaban J connectivity index is 2.38. The summed E-state index contributed by atoms with van der Waals surface area (Å²) in [5.74, 6) is 0.157. The average Bonchev–Trinajstić information content (AvgIpc) is 2.32. The molecule has 18 heavy (non-hydrogen) atoms. The number of aromatic nitrogens is 1. The van der Waals surface area contributed by atoms with E-state index in [0.717, 1.165) is 13.0 Å². The second kappa shape index (κ2) is 5.14. The van der Waals surface area contributed by atoms with Gasteiger partial charge in [0, 0.05) is 18.8 Å². The number of carbonyl (C=O) groups is 1. The first kappa shape index (κ1) is 13.1. The summed E-state index contributed by atoms with van der Waals surface area (Å²) in [5, 5.41) is 9.32. The van der Waals surface area contributed by atoms with E-state index >= 15 is 0 Å². The standard InChI is InChI=1S/C13H17ClN2O2/c1-8-3-4-9(2)16(7-8)12-11(14)10(13(17)18)5-6-15-12/h5-6,8-9H,3-4,7H2,1-2H3,(H,17,18). The Bertz CT molecular complexity index is 464. The summed E-state index contributed by atoms with van der Waals surface area (Å²) in [7, 11) is 0. The molecule has 2 unspecified atom stereocenters. The van der Waals surface area contributed by atoms with Crippen LogP contribution in [-0.2, 0) is 0 Å².